The lowest BCUT2D eigenvalue weighted by atomic mass is 10.2. The molecule has 0 radical (unpaired) electrons. The van der Waals surface area contributed by atoms with Crippen LogP contribution < -0.4 is 5.32 Å². The fraction of sp³-hybridized carbons (Fsp3) is 0.154. The first kappa shape index (κ1) is 13.6. The van der Waals surface area contributed by atoms with Crippen LogP contribution in [0.1, 0.15) is 0 Å². The molecule has 20 heavy (non-hydrogen) atoms. The molecule has 2 N–H and O–H groups in total. The van der Waals surface area contributed by atoms with Crippen molar-refractivity contribution in [1.29, 1.82) is 0 Å². The fourth-order valence-electron chi connectivity index (χ4n) is 1.69. The van der Waals surface area contributed by atoms with E-state index in [1.54, 1.807) is 12.1 Å². The third-order valence-electron chi connectivity index (χ3n) is 2.89. The van der Waals surface area contributed by atoms with Crippen LogP contribution in [0.3, 0.4) is 0 Å². The Hall–Kier alpha value is -2.83. The number of rotatable bonds is 2. The van der Waals surface area contributed by atoms with Gasteiger partial charge in [-0.2, -0.15) is 0 Å². The van der Waals surface area contributed by atoms with E-state index in [1.165, 1.54) is 32.4 Å². The van der Waals surface area contributed by atoms with Crippen molar-refractivity contribution in [3.8, 4) is 5.75 Å². The average Bonchev–Trinajstić information content (AvgIpc) is 2.45. The van der Waals surface area contributed by atoms with E-state index in [-0.39, 0.29) is 11.3 Å². The standard InChI is InChI=1S/C13H13N3O4/c1-15-11(18)10(12(19)16(2)13(15)20)7-14-8-3-5-9(17)6-4-8/h3-7,14,17H,1-2H3. The molecule has 0 aliphatic carbocycles. The van der Waals surface area contributed by atoms with Crippen molar-refractivity contribution in [2.75, 3.05) is 19.4 Å². The molecule has 104 valence electrons. The summed E-state index contributed by atoms with van der Waals surface area (Å²) in [5.41, 5.74) is 0.459. The fourth-order valence-corrected chi connectivity index (χ4v) is 1.69. The molecule has 2 rings (SSSR count). The average molecular weight is 275 g/mol. The number of imide groups is 2. The van der Waals surface area contributed by atoms with Crippen molar-refractivity contribution < 1.29 is 19.5 Å². The molecular formula is C13H13N3O4. The zero-order valence-corrected chi connectivity index (χ0v) is 11.0. The number of aromatic hydroxyl groups is 1. The lowest BCUT2D eigenvalue weighted by Crippen LogP contribution is -2.53. The van der Waals surface area contributed by atoms with Crippen LogP contribution in [0.4, 0.5) is 10.5 Å². The molecule has 1 heterocycles. The normalized spacial score (nSPS) is 15.7. The molecule has 7 heteroatoms. The van der Waals surface area contributed by atoms with Crippen LogP contribution in [0, 0.1) is 0 Å². The van der Waals surface area contributed by atoms with Gasteiger partial charge in [-0.15, -0.1) is 0 Å². The Morgan fingerprint density at radius 1 is 1.00 bits per heavy atom. The van der Waals surface area contributed by atoms with Gasteiger partial charge in [0.25, 0.3) is 11.8 Å². The van der Waals surface area contributed by atoms with E-state index in [0.29, 0.717) is 5.69 Å². The highest BCUT2D eigenvalue weighted by Crippen LogP contribution is 2.17. The summed E-state index contributed by atoms with van der Waals surface area (Å²) in [6.45, 7) is 0. The molecule has 1 aliphatic rings. The molecule has 1 fully saturated rings. The minimum absolute atomic E-state index is 0.109. The van der Waals surface area contributed by atoms with Gasteiger partial charge in [0, 0.05) is 26.0 Å². The van der Waals surface area contributed by atoms with Crippen molar-refractivity contribution in [2.24, 2.45) is 0 Å². The summed E-state index contributed by atoms with van der Waals surface area (Å²) in [5.74, 6) is -1.22. The van der Waals surface area contributed by atoms with E-state index in [9.17, 15) is 14.4 Å². The predicted molar refractivity (Wildman–Crippen MR) is 70.7 cm³/mol. The second-order valence-corrected chi connectivity index (χ2v) is 4.26. The van der Waals surface area contributed by atoms with Gasteiger partial charge in [0.2, 0.25) is 0 Å². The molecule has 1 aromatic rings. The Labute approximate surface area is 115 Å². The number of phenols is 1. The Morgan fingerprint density at radius 3 is 2.00 bits per heavy atom. The van der Waals surface area contributed by atoms with Crippen LogP contribution in [-0.4, -0.2) is 46.8 Å². The highest BCUT2D eigenvalue weighted by atomic mass is 16.3. The first-order valence-corrected chi connectivity index (χ1v) is 5.77. The van der Waals surface area contributed by atoms with Gasteiger partial charge in [0.05, 0.1) is 0 Å². The first-order chi connectivity index (χ1) is 9.41. The van der Waals surface area contributed by atoms with E-state index < -0.39 is 17.8 Å². The number of likely N-dealkylation sites (N-methyl/N-ethyl adjacent to an activating group) is 2. The Kier molecular flexibility index (Phi) is 3.43. The minimum atomic E-state index is -0.665. The van der Waals surface area contributed by atoms with Crippen LogP contribution in [0.25, 0.3) is 0 Å². The second-order valence-electron chi connectivity index (χ2n) is 4.26. The number of anilines is 1. The molecule has 0 spiro atoms. The number of hydrogen-bond donors (Lipinski definition) is 2. The minimum Gasteiger partial charge on any atom is -0.508 e. The van der Waals surface area contributed by atoms with E-state index in [1.807, 2.05) is 0 Å². The number of hydrogen-bond acceptors (Lipinski definition) is 5. The summed E-state index contributed by atoms with van der Waals surface area (Å²) in [4.78, 5) is 37.0. The number of nitrogens with one attached hydrogen (secondary N) is 1. The number of barbiturate groups is 1. The number of carbonyl (C=O) groups is 3. The van der Waals surface area contributed by atoms with Gasteiger partial charge in [-0.1, -0.05) is 0 Å². The number of nitrogens with zero attached hydrogens (tertiary/aromatic N) is 2. The van der Waals surface area contributed by atoms with Gasteiger partial charge < -0.3 is 10.4 Å². The van der Waals surface area contributed by atoms with Gasteiger partial charge in [-0.05, 0) is 24.3 Å². The van der Waals surface area contributed by atoms with Crippen molar-refractivity contribution >= 4 is 23.5 Å². The molecule has 0 saturated carbocycles. The van der Waals surface area contributed by atoms with Crippen LogP contribution in [0.5, 0.6) is 5.75 Å². The van der Waals surface area contributed by atoms with Gasteiger partial charge in [-0.25, -0.2) is 4.79 Å². The van der Waals surface area contributed by atoms with Crippen LogP contribution in [0.2, 0.25) is 0 Å². The topological polar surface area (TPSA) is 90.0 Å². The SMILES string of the molecule is CN1C(=O)C(=CNc2ccc(O)cc2)C(=O)N(C)C1=O. The molecule has 1 aromatic carbocycles. The molecular weight excluding hydrogens is 262 g/mol. The molecule has 7 nitrogen and oxygen atoms in total. The van der Waals surface area contributed by atoms with Gasteiger partial charge in [-0.3, -0.25) is 19.4 Å². The molecule has 0 aromatic heterocycles. The maximum atomic E-state index is 11.9. The number of carbonyl (C=O) groups excluding carboxylic acids is 3. The predicted octanol–water partition coefficient (Wildman–Crippen LogP) is 0.738. The number of urea groups is 1. The largest absolute Gasteiger partial charge is 0.508 e. The smallest absolute Gasteiger partial charge is 0.333 e. The number of amides is 4. The lowest BCUT2D eigenvalue weighted by molar-refractivity contribution is -0.134. The Bertz CT molecular complexity index is 581. The quantitative estimate of drug-likeness (QED) is 0.472. The van der Waals surface area contributed by atoms with Crippen molar-refractivity contribution in [3.05, 3.63) is 36.0 Å². The molecule has 0 atom stereocenters. The van der Waals surface area contributed by atoms with Crippen molar-refractivity contribution in [2.45, 2.75) is 0 Å². The summed E-state index contributed by atoms with van der Waals surface area (Å²) in [7, 11) is 2.62. The molecule has 1 aliphatic heterocycles. The van der Waals surface area contributed by atoms with Gasteiger partial charge >= 0.3 is 6.03 Å². The van der Waals surface area contributed by atoms with E-state index in [0.717, 1.165) is 9.80 Å². The maximum absolute atomic E-state index is 11.9. The number of benzene rings is 1. The third kappa shape index (κ3) is 2.33. The maximum Gasteiger partial charge on any atom is 0.333 e. The second kappa shape index (κ2) is 5.04. The summed E-state index contributed by atoms with van der Waals surface area (Å²) >= 11 is 0. The Balaban J connectivity index is 2.24. The van der Waals surface area contributed by atoms with E-state index >= 15 is 0 Å². The van der Waals surface area contributed by atoms with Crippen LogP contribution in [-0.2, 0) is 9.59 Å². The Morgan fingerprint density at radius 2 is 1.50 bits per heavy atom. The van der Waals surface area contributed by atoms with E-state index in [2.05, 4.69) is 5.32 Å². The third-order valence-corrected chi connectivity index (χ3v) is 2.89. The lowest BCUT2D eigenvalue weighted by Gasteiger charge is -2.28. The molecule has 0 unspecified atom stereocenters. The molecule has 0 bridgehead atoms. The highest BCUT2D eigenvalue weighted by molar-refractivity contribution is 6.28. The summed E-state index contributed by atoms with van der Waals surface area (Å²) < 4.78 is 0. The van der Waals surface area contributed by atoms with Crippen molar-refractivity contribution in [3.63, 3.8) is 0 Å². The van der Waals surface area contributed by atoms with Crippen LogP contribution >= 0.6 is 0 Å². The zero-order chi connectivity index (χ0) is 14.9. The summed E-state index contributed by atoms with van der Waals surface area (Å²) in [5, 5.41) is 11.9. The summed E-state index contributed by atoms with van der Waals surface area (Å²) in [6, 6.07) is 5.44. The van der Waals surface area contributed by atoms with Gasteiger partial charge in [0.15, 0.2) is 0 Å². The number of phenolic OH excluding ortho intramolecular Hbond substituents is 1. The first-order valence-electron chi connectivity index (χ1n) is 5.77. The van der Waals surface area contributed by atoms with Gasteiger partial charge in [0.1, 0.15) is 11.3 Å². The highest BCUT2D eigenvalue weighted by Gasteiger charge is 2.37. The summed E-state index contributed by atoms with van der Waals surface area (Å²) in [6.07, 6.45) is 1.25. The molecule has 1 saturated heterocycles. The monoisotopic (exact) mass is 275 g/mol. The zero-order valence-electron chi connectivity index (χ0n) is 11.0. The van der Waals surface area contributed by atoms with E-state index in [4.69, 9.17) is 5.11 Å². The molecule has 4 amide bonds. The van der Waals surface area contributed by atoms with Crippen molar-refractivity contribution in [1.82, 2.24) is 9.80 Å². The van der Waals surface area contributed by atoms with Crippen LogP contribution in [0.15, 0.2) is 36.0 Å².